The summed E-state index contributed by atoms with van der Waals surface area (Å²) in [5.74, 6) is 2.89. The standard InChI is InChI=1S/C15H24N2O/c18-13-5-2-8-17-9-10-6-7-16-12-4-1-3-11(14(10)12)15(13)17/h10-12,14-16H,1-9H2/t10-,11-,12+,14-,15+/m0/s1. The summed E-state index contributed by atoms with van der Waals surface area (Å²) < 4.78 is 0. The molecule has 18 heavy (non-hydrogen) atoms. The van der Waals surface area contributed by atoms with Crippen LogP contribution in [0.15, 0.2) is 0 Å². The lowest BCUT2D eigenvalue weighted by Gasteiger charge is -2.57. The number of rotatable bonds is 0. The topological polar surface area (TPSA) is 32.3 Å². The molecule has 1 aliphatic carbocycles. The molecule has 0 amide bonds. The monoisotopic (exact) mass is 248 g/mol. The van der Waals surface area contributed by atoms with Gasteiger partial charge in [0, 0.05) is 19.0 Å². The predicted octanol–water partition coefficient (Wildman–Crippen LogP) is 1.43. The van der Waals surface area contributed by atoms with Gasteiger partial charge in [0.2, 0.25) is 0 Å². The summed E-state index contributed by atoms with van der Waals surface area (Å²) in [6.45, 7) is 3.58. The molecule has 4 rings (SSSR count). The second-order valence-corrected chi connectivity index (χ2v) is 6.79. The van der Waals surface area contributed by atoms with Gasteiger partial charge in [-0.2, -0.15) is 0 Å². The molecule has 0 spiro atoms. The first-order valence-corrected chi connectivity index (χ1v) is 7.85. The number of carbonyl (C=O) groups is 1. The molecule has 0 unspecified atom stereocenters. The minimum Gasteiger partial charge on any atom is -0.314 e. The van der Waals surface area contributed by atoms with Crippen molar-refractivity contribution in [1.29, 1.82) is 0 Å². The number of piperidine rings is 3. The summed E-state index contributed by atoms with van der Waals surface area (Å²) in [6.07, 6.45) is 7.23. The van der Waals surface area contributed by atoms with Gasteiger partial charge in [0.25, 0.3) is 0 Å². The van der Waals surface area contributed by atoms with Crippen molar-refractivity contribution in [2.45, 2.75) is 50.6 Å². The van der Waals surface area contributed by atoms with Crippen molar-refractivity contribution < 1.29 is 4.79 Å². The zero-order valence-corrected chi connectivity index (χ0v) is 11.1. The van der Waals surface area contributed by atoms with E-state index in [2.05, 4.69) is 10.2 Å². The van der Waals surface area contributed by atoms with Crippen LogP contribution in [0, 0.1) is 17.8 Å². The van der Waals surface area contributed by atoms with Gasteiger partial charge in [-0.1, -0.05) is 6.42 Å². The average molecular weight is 248 g/mol. The molecule has 0 aromatic carbocycles. The van der Waals surface area contributed by atoms with Crippen molar-refractivity contribution in [1.82, 2.24) is 10.2 Å². The third-order valence-electron chi connectivity index (χ3n) is 5.94. The van der Waals surface area contributed by atoms with Crippen molar-refractivity contribution >= 4 is 5.78 Å². The molecule has 100 valence electrons. The fourth-order valence-corrected chi connectivity index (χ4v) is 5.36. The average Bonchev–Trinajstić information content (AvgIpc) is 2.39. The number of carbonyl (C=O) groups excluding carboxylic acids is 1. The Morgan fingerprint density at radius 2 is 2.11 bits per heavy atom. The van der Waals surface area contributed by atoms with E-state index in [9.17, 15) is 4.79 Å². The maximum absolute atomic E-state index is 12.3. The zero-order chi connectivity index (χ0) is 12.1. The SMILES string of the molecule is O=C1CCCN2C[C@@H]3CCN[C@@H]4CCC[C@@H]([C@H]34)[C@H]12. The Hall–Kier alpha value is -0.410. The van der Waals surface area contributed by atoms with Crippen molar-refractivity contribution in [2.75, 3.05) is 19.6 Å². The second-order valence-electron chi connectivity index (χ2n) is 6.79. The Morgan fingerprint density at radius 1 is 1.17 bits per heavy atom. The molecule has 0 aromatic heterocycles. The summed E-state index contributed by atoms with van der Waals surface area (Å²) in [4.78, 5) is 14.9. The van der Waals surface area contributed by atoms with Crippen LogP contribution in [-0.4, -0.2) is 42.4 Å². The fourth-order valence-electron chi connectivity index (χ4n) is 5.36. The van der Waals surface area contributed by atoms with Crippen LogP contribution in [0.5, 0.6) is 0 Å². The van der Waals surface area contributed by atoms with Gasteiger partial charge in [-0.05, 0) is 56.5 Å². The summed E-state index contributed by atoms with van der Waals surface area (Å²) in [7, 11) is 0. The molecule has 0 bridgehead atoms. The van der Waals surface area contributed by atoms with E-state index in [0.29, 0.717) is 17.7 Å². The predicted molar refractivity (Wildman–Crippen MR) is 70.3 cm³/mol. The molecule has 3 saturated heterocycles. The Balaban J connectivity index is 1.67. The molecule has 1 N–H and O–H groups in total. The molecule has 3 heteroatoms. The third-order valence-corrected chi connectivity index (χ3v) is 5.94. The Labute approximate surface area is 109 Å². The van der Waals surface area contributed by atoms with Crippen molar-refractivity contribution in [3.05, 3.63) is 0 Å². The smallest absolute Gasteiger partial charge is 0.150 e. The quantitative estimate of drug-likeness (QED) is 0.704. The highest BCUT2D eigenvalue weighted by Crippen LogP contribution is 2.46. The van der Waals surface area contributed by atoms with Crippen LogP contribution in [-0.2, 0) is 4.79 Å². The molecule has 1 saturated carbocycles. The number of ketones is 1. The van der Waals surface area contributed by atoms with E-state index in [1.165, 1.54) is 45.3 Å². The number of nitrogens with zero attached hydrogens (tertiary/aromatic N) is 1. The lowest BCUT2D eigenvalue weighted by atomic mass is 9.60. The molecule has 0 radical (unpaired) electrons. The molecule has 3 nitrogen and oxygen atoms in total. The molecule has 5 atom stereocenters. The Kier molecular flexibility index (Phi) is 2.73. The number of Topliss-reactive ketones (excluding diaryl/α,β-unsaturated/α-hetero) is 1. The third kappa shape index (κ3) is 1.60. The highest BCUT2D eigenvalue weighted by Gasteiger charge is 2.51. The number of nitrogens with one attached hydrogen (secondary N) is 1. The molecule has 4 aliphatic rings. The summed E-state index contributed by atoms with van der Waals surface area (Å²) >= 11 is 0. The first-order chi connectivity index (χ1) is 8.84. The maximum atomic E-state index is 12.3. The van der Waals surface area contributed by atoms with Crippen molar-refractivity contribution in [3.8, 4) is 0 Å². The molecule has 3 aliphatic heterocycles. The van der Waals surface area contributed by atoms with E-state index >= 15 is 0 Å². The van der Waals surface area contributed by atoms with Crippen molar-refractivity contribution in [3.63, 3.8) is 0 Å². The molecule has 0 aromatic rings. The van der Waals surface area contributed by atoms with Gasteiger partial charge < -0.3 is 5.32 Å². The number of hydrogen-bond acceptors (Lipinski definition) is 3. The van der Waals surface area contributed by atoms with E-state index < -0.39 is 0 Å². The highest BCUT2D eigenvalue weighted by molar-refractivity contribution is 5.85. The Bertz CT molecular complexity index is 354. The summed E-state index contributed by atoms with van der Waals surface area (Å²) in [6, 6.07) is 1.02. The summed E-state index contributed by atoms with van der Waals surface area (Å²) in [5.41, 5.74) is 0. The van der Waals surface area contributed by atoms with Gasteiger partial charge in [0.05, 0.1) is 6.04 Å². The van der Waals surface area contributed by atoms with Gasteiger partial charge in [-0.15, -0.1) is 0 Å². The van der Waals surface area contributed by atoms with Crippen LogP contribution >= 0.6 is 0 Å². The van der Waals surface area contributed by atoms with E-state index in [0.717, 1.165) is 30.7 Å². The number of hydrogen-bond donors (Lipinski definition) is 1. The minimum absolute atomic E-state index is 0.294. The van der Waals surface area contributed by atoms with Crippen LogP contribution in [0.2, 0.25) is 0 Å². The van der Waals surface area contributed by atoms with E-state index in [1.807, 2.05) is 0 Å². The molecular formula is C15H24N2O. The van der Waals surface area contributed by atoms with Crippen LogP contribution < -0.4 is 5.32 Å². The fraction of sp³-hybridized carbons (Fsp3) is 0.933. The normalized spacial score (nSPS) is 48.4. The van der Waals surface area contributed by atoms with Gasteiger partial charge in [0.1, 0.15) is 5.78 Å². The van der Waals surface area contributed by atoms with Crippen molar-refractivity contribution in [2.24, 2.45) is 17.8 Å². The second kappa shape index (κ2) is 4.31. The largest absolute Gasteiger partial charge is 0.314 e. The van der Waals surface area contributed by atoms with Gasteiger partial charge in [0.15, 0.2) is 0 Å². The molecule has 3 heterocycles. The Morgan fingerprint density at radius 3 is 3.06 bits per heavy atom. The summed E-state index contributed by atoms with van der Waals surface area (Å²) in [5, 5.41) is 3.73. The van der Waals surface area contributed by atoms with E-state index in [4.69, 9.17) is 0 Å². The first kappa shape index (κ1) is 11.4. The minimum atomic E-state index is 0.294. The highest BCUT2D eigenvalue weighted by atomic mass is 16.1. The van der Waals surface area contributed by atoms with Crippen LogP contribution in [0.1, 0.15) is 38.5 Å². The van der Waals surface area contributed by atoms with Crippen LogP contribution in [0.25, 0.3) is 0 Å². The van der Waals surface area contributed by atoms with Gasteiger partial charge in [-0.3, -0.25) is 9.69 Å². The zero-order valence-electron chi connectivity index (χ0n) is 11.1. The van der Waals surface area contributed by atoms with E-state index in [-0.39, 0.29) is 0 Å². The van der Waals surface area contributed by atoms with Gasteiger partial charge >= 0.3 is 0 Å². The van der Waals surface area contributed by atoms with Crippen LogP contribution in [0.4, 0.5) is 0 Å². The van der Waals surface area contributed by atoms with Gasteiger partial charge in [-0.25, -0.2) is 0 Å². The lowest BCUT2D eigenvalue weighted by molar-refractivity contribution is -0.139. The van der Waals surface area contributed by atoms with E-state index in [1.54, 1.807) is 0 Å². The van der Waals surface area contributed by atoms with Crippen LogP contribution in [0.3, 0.4) is 0 Å². The number of fused-ring (bicyclic) bond motifs is 2. The molecule has 4 fully saturated rings. The lowest BCUT2D eigenvalue weighted by Crippen LogP contribution is -2.65. The molecular weight excluding hydrogens is 224 g/mol. The first-order valence-electron chi connectivity index (χ1n) is 7.85. The maximum Gasteiger partial charge on any atom is 0.150 e.